The second kappa shape index (κ2) is 11.5. The first kappa shape index (κ1) is 26.4. The number of nitrogens with zero attached hydrogens (tertiary/aromatic N) is 3. The molecule has 0 aliphatic rings. The summed E-state index contributed by atoms with van der Waals surface area (Å²) in [6.45, 7) is 5.74. The molecule has 1 heterocycles. The van der Waals surface area contributed by atoms with Crippen molar-refractivity contribution in [1.29, 1.82) is 0 Å². The Labute approximate surface area is 205 Å². The van der Waals surface area contributed by atoms with Gasteiger partial charge in [-0.25, -0.2) is 13.4 Å². The second-order valence-corrected chi connectivity index (χ2v) is 10.9. The van der Waals surface area contributed by atoms with E-state index in [0.29, 0.717) is 54.1 Å². The molecule has 0 aliphatic carbocycles. The predicted octanol–water partition coefficient (Wildman–Crippen LogP) is 2.19. The number of likely N-dealkylation sites (N-methyl/N-ethyl adjacent to an activating group) is 1. The van der Waals surface area contributed by atoms with Gasteiger partial charge in [-0.05, 0) is 56.3 Å². The van der Waals surface area contributed by atoms with E-state index >= 15 is 0 Å². The summed E-state index contributed by atoms with van der Waals surface area (Å²) in [4.78, 5) is 32.1. The fraction of sp³-hybridized carbons (Fsp3) is 0.400. The molecule has 0 spiro atoms. The Hall–Kier alpha value is -3.24. The lowest BCUT2D eigenvalue weighted by atomic mass is 10.1. The Kier molecular flexibility index (Phi) is 8.63. The van der Waals surface area contributed by atoms with Crippen molar-refractivity contribution in [2.24, 2.45) is 0 Å². The number of nitrogens with one attached hydrogen (secondary N) is 1. The SMILES string of the molecule is CCCNC(=O)c1ccc(C)c(-n2cnc3ccc(OCCN(C)CCS(C)(=O)=O)cc3c2=O)c1. The van der Waals surface area contributed by atoms with Gasteiger partial charge in [-0.15, -0.1) is 0 Å². The molecule has 35 heavy (non-hydrogen) atoms. The Morgan fingerprint density at radius 3 is 2.66 bits per heavy atom. The monoisotopic (exact) mass is 500 g/mol. The van der Waals surface area contributed by atoms with Crippen LogP contribution in [0, 0.1) is 6.92 Å². The van der Waals surface area contributed by atoms with Crippen LogP contribution in [-0.2, 0) is 9.84 Å². The first-order valence-electron chi connectivity index (χ1n) is 11.5. The highest BCUT2D eigenvalue weighted by Crippen LogP contribution is 2.19. The van der Waals surface area contributed by atoms with Gasteiger partial charge in [-0.2, -0.15) is 0 Å². The van der Waals surface area contributed by atoms with Crippen LogP contribution >= 0.6 is 0 Å². The zero-order chi connectivity index (χ0) is 25.6. The summed E-state index contributed by atoms with van der Waals surface area (Å²) in [5, 5.41) is 3.25. The van der Waals surface area contributed by atoms with Gasteiger partial charge < -0.3 is 15.0 Å². The number of ether oxygens (including phenoxy) is 1. The third kappa shape index (κ3) is 7.12. The average molecular weight is 501 g/mol. The van der Waals surface area contributed by atoms with E-state index in [-0.39, 0.29) is 17.2 Å². The Morgan fingerprint density at radius 2 is 1.94 bits per heavy atom. The number of amides is 1. The van der Waals surface area contributed by atoms with Crippen LogP contribution in [0.4, 0.5) is 0 Å². The standard InChI is InChI=1S/C25H32N4O5S/c1-5-10-26-24(30)19-7-6-18(2)23(15-19)29-17-27-22-9-8-20(16-21(22)25(29)31)34-13-11-28(3)12-14-35(4,32)33/h6-9,15-17H,5,10-14H2,1-4H3,(H,26,30). The maximum absolute atomic E-state index is 13.3. The summed E-state index contributed by atoms with van der Waals surface area (Å²) in [5.74, 6) is 0.424. The topological polar surface area (TPSA) is 111 Å². The Morgan fingerprint density at radius 1 is 1.17 bits per heavy atom. The molecule has 1 N–H and O–H groups in total. The molecule has 9 nitrogen and oxygen atoms in total. The molecule has 3 aromatic rings. The van der Waals surface area contributed by atoms with Gasteiger partial charge in [-0.3, -0.25) is 14.2 Å². The molecule has 0 unspecified atom stereocenters. The number of aromatic nitrogens is 2. The second-order valence-electron chi connectivity index (χ2n) is 8.64. The lowest BCUT2D eigenvalue weighted by Crippen LogP contribution is -2.29. The smallest absolute Gasteiger partial charge is 0.265 e. The first-order valence-corrected chi connectivity index (χ1v) is 13.5. The fourth-order valence-corrected chi connectivity index (χ4v) is 4.11. The Balaban J connectivity index is 1.81. The molecule has 0 aliphatic heterocycles. The summed E-state index contributed by atoms with van der Waals surface area (Å²) < 4.78 is 29.9. The zero-order valence-corrected chi connectivity index (χ0v) is 21.4. The summed E-state index contributed by atoms with van der Waals surface area (Å²) in [6.07, 6.45) is 3.52. The van der Waals surface area contributed by atoms with E-state index in [1.807, 2.05) is 31.9 Å². The minimum absolute atomic E-state index is 0.0889. The molecule has 0 fully saturated rings. The molecule has 0 saturated heterocycles. The molecule has 0 saturated carbocycles. The number of sulfone groups is 1. The average Bonchev–Trinajstić information content (AvgIpc) is 2.82. The summed E-state index contributed by atoms with van der Waals surface area (Å²) in [7, 11) is -1.19. The number of hydrogen-bond donors (Lipinski definition) is 1. The quantitative estimate of drug-likeness (QED) is 0.430. The largest absolute Gasteiger partial charge is 0.492 e. The van der Waals surface area contributed by atoms with Crippen LogP contribution in [0.3, 0.4) is 0 Å². The van der Waals surface area contributed by atoms with Gasteiger partial charge in [0.25, 0.3) is 11.5 Å². The summed E-state index contributed by atoms with van der Waals surface area (Å²) in [6, 6.07) is 10.4. The minimum Gasteiger partial charge on any atom is -0.492 e. The molecule has 0 radical (unpaired) electrons. The highest BCUT2D eigenvalue weighted by atomic mass is 32.2. The van der Waals surface area contributed by atoms with Crippen molar-refractivity contribution in [2.75, 3.05) is 45.3 Å². The van der Waals surface area contributed by atoms with Gasteiger partial charge in [0.15, 0.2) is 0 Å². The van der Waals surface area contributed by atoms with Crippen molar-refractivity contribution in [3.05, 3.63) is 64.2 Å². The molecule has 0 atom stereocenters. The third-order valence-corrected chi connectivity index (χ3v) is 6.51. The van der Waals surface area contributed by atoms with E-state index in [4.69, 9.17) is 4.74 Å². The van der Waals surface area contributed by atoms with Crippen molar-refractivity contribution < 1.29 is 17.9 Å². The van der Waals surface area contributed by atoms with Crippen LogP contribution in [0.1, 0.15) is 29.3 Å². The van der Waals surface area contributed by atoms with Gasteiger partial charge in [-0.1, -0.05) is 13.0 Å². The number of fused-ring (bicyclic) bond motifs is 1. The lowest BCUT2D eigenvalue weighted by Gasteiger charge is -2.16. The van der Waals surface area contributed by atoms with E-state index in [0.717, 1.165) is 12.0 Å². The molecule has 3 rings (SSSR count). The molecule has 188 valence electrons. The van der Waals surface area contributed by atoms with Gasteiger partial charge in [0, 0.05) is 31.5 Å². The highest BCUT2D eigenvalue weighted by molar-refractivity contribution is 7.90. The normalized spacial score (nSPS) is 11.7. The Bertz CT molecular complexity index is 1370. The van der Waals surface area contributed by atoms with Gasteiger partial charge in [0.1, 0.15) is 28.5 Å². The lowest BCUT2D eigenvalue weighted by molar-refractivity contribution is 0.0953. The fourth-order valence-electron chi connectivity index (χ4n) is 3.47. The van der Waals surface area contributed by atoms with Crippen molar-refractivity contribution in [1.82, 2.24) is 19.8 Å². The molecule has 0 bridgehead atoms. The minimum atomic E-state index is -3.02. The molecule has 1 aromatic heterocycles. The number of rotatable bonds is 11. The van der Waals surface area contributed by atoms with Crippen molar-refractivity contribution >= 4 is 26.6 Å². The van der Waals surface area contributed by atoms with Crippen molar-refractivity contribution in [3.8, 4) is 11.4 Å². The van der Waals surface area contributed by atoms with Gasteiger partial charge in [0.05, 0.1) is 22.3 Å². The van der Waals surface area contributed by atoms with Crippen LogP contribution in [0.2, 0.25) is 0 Å². The molecular weight excluding hydrogens is 468 g/mol. The third-order valence-electron chi connectivity index (χ3n) is 5.58. The van der Waals surface area contributed by atoms with Crippen LogP contribution < -0.4 is 15.6 Å². The summed E-state index contributed by atoms with van der Waals surface area (Å²) in [5.41, 5.74) is 2.18. The van der Waals surface area contributed by atoms with Crippen LogP contribution in [0.25, 0.3) is 16.6 Å². The van der Waals surface area contributed by atoms with Crippen molar-refractivity contribution in [3.63, 3.8) is 0 Å². The molecule has 1 amide bonds. The predicted molar refractivity (Wildman–Crippen MR) is 137 cm³/mol. The molecule has 2 aromatic carbocycles. The van der Waals surface area contributed by atoms with Crippen LogP contribution in [0.5, 0.6) is 5.75 Å². The number of hydrogen-bond acceptors (Lipinski definition) is 7. The first-order chi connectivity index (χ1) is 16.6. The molecule has 10 heteroatoms. The van der Waals surface area contributed by atoms with E-state index in [9.17, 15) is 18.0 Å². The summed E-state index contributed by atoms with van der Waals surface area (Å²) >= 11 is 0. The van der Waals surface area contributed by atoms with Gasteiger partial charge in [0.2, 0.25) is 0 Å². The van der Waals surface area contributed by atoms with E-state index in [1.165, 1.54) is 17.2 Å². The number of benzene rings is 2. The maximum atomic E-state index is 13.3. The highest BCUT2D eigenvalue weighted by Gasteiger charge is 2.13. The number of carbonyl (C=O) groups is 1. The zero-order valence-electron chi connectivity index (χ0n) is 20.6. The van der Waals surface area contributed by atoms with Crippen LogP contribution in [-0.4, -0.2) is 74.1 Å². The van der Waals surface area contributed by atoms with E-state index < -0.39 is 9.84 Å². The van der Waals surface area contributed by atoms with Crippen LogP contribution in [0.15, 0.2) is 47.5 Å². The van der Waals surface area contributed by atoms with Crippen molar-refractivity contribution in [2.45, 2.75) is 20.3 Å². The molecular formula is C25H32N4O5S. The van der Waals surface area contributed by atoms with E-state index in [2.05, 4.69) is 10.3 Å². The van der Waals surface area contributed by atoms with Gasteiger partial charge >= 0.3 is 0 Å². The number of aryl methyl sites for hydroxylation is 1. The van der Waals surface area contributed by atoms with E-state index in [1.54, 1.807) is 30.3 Å². The maximum Gasteiger partial charge on any atom is 0.265 e. The number of carbonyl (C=O) groups excluding carboxylic acids is 1.